The monoisotopic (exact) mass is 88.1 g/mol. The van der Waals surface area contributed by atoms with Crippen molar-refractivity contribution >= 4 is 0 Å². The second-order valence-corrected chi connectivity index (χ2v) is 0.648. The van der Waals surface area contributed by atoms with E-state index < -0.39 is 0 Å². The molecule has 0 radical (unpaired) electrons. The lowest BCUT2D eigenvalue weighted by Crippen LogP contribution is -1.96. The van der Waals surface area contributed by atoms with Crippen molar-refractivity contribution in [2.45, 2.75) is 0 Å². The van der Waals surface area contributed by atoms with Crippen molar-refractivity contribution in [2.24, 2.45) is 21.7 Å². The lowest BCUT2D eigenvalue weighted by molar-refractivity contribution is 0.867. The molecule has 0 rings (SSSR count). The number of hydrogen-bond acceptors (Lipinski definition) is 4. The van der Waals surface area contributed by atoms with E-state index in [4.69, 9.17) is 11.5 Å². The maximum atomic E-state index is 4.90. The highest BCUT2D eigenvalue weighted by atomic mass is 15.2. The highest BCUT2D eigenvalue weighted by molar-refractivity contribution is 4.21. The summed E-state index contributed by atoms with van der Waals surface area (Å²) in [5, 5.41) is 6.74. The molecule has 0 unspecified atom stereocenters. The predicted octanol–water partition coefficient (Wildman–Crippen LogP) is -0.729. The number of nitrogens with zero attached hydrogens (tertiary/aromatic N) is 2. The number of hydrogen-bond donors (Lipinski definition) is 2. The third-order valence-electron chi connectivity index (χ3n) is 0.263. The zero-order valence-electron chi connectivity index (χ0n) is 3.46. The van der Waals surface area contributed by atoms with Crippen LogP contribution in [0.5, 0.6) is 0 Å². The first-order valence-electron chi connectivity index (χ1n) is 1.65. The molecule has 0 aromatic carbocycles. The molecule has 0 bridgehead atoms. The Bertz CT molecular complexity index is 34.8. The second-order valence-electron chi connectivity index (χ2n) is 0.648. The van der Waals surface area contributed by atoms with Gasteiger partial charge in [0.25, 0.3) is 0 Å². The Morgan fingerprint density at radius 3 is 1.50 bits per heavy atom. The summed E-state index contributed by atoms with van der Waals surface area (Å²) >= 11 is 0. The first-order chi connectivity index (χ1) is 2.91. The average molecular weight is 88.1 g/mol. The molecule has 4 nitrogen and oxygen atoms in total. The van der Waals surface area contributed by atoms with Gasteiger partial charge in [-0.15, -0.1) is 0 Å². The largest absolute Gasteiger partial charge is 0.311 e. The molecule has 4 N–H and O–H groups in total. The minimum Gasteiger partial charge on any atom is -0.311 e. The molecular weight excluding hydrogens is 80.0 g/mol. The molecular formula is C2H8N4. The van der Waals surface area contributed by atoms with Gasteiger partial charge in [0.15, 0.2) is 0 Å². The molecule has 36 valence electrons. The smallest absolute Gasteiger partial charge is 0.107 e. The predicted molar refractivity (Wildman–Crippen MR) is 23.0 cm³/mol. The van der Waals surface area contributed by atoms with E-state index in [-0.39, 0.29) is 13.3 Å². The average Bonchev–Trinajstić information content (AvgIpc) is 1.61. The zero-order valence-corrected chi connectivity index (χ0v) is 3.46. The van der Waals surface area contributed by atoms with Gasteiger partial charge in [-0.1, -0.05) is 0 Å². The van der Waals surface area contributed by atoms with E-state index >= 15 is 0 Å². The first-order valence-corrected chi connectivity index (χ1v) is 1.65. The first kappa shape index (κ1) is 5.52. The minimum absolute atomic E-state index is 0.233. The summed E-state index contributed by atoms with van der Waals surface area (Å²) in [5.41, 5.74) is 9.80. The quantitative estimate of drug-likeness (QED) is 0.436. The van der Waals surface area contributed by atoms with Gasteiger partial charge in [0.2, 0.25) is 0 Å². The van der Waals surface area contributed by atoms with Crippen molar-refractivity contribution < 1.29 is 0 Å². The van der Waals surface area contributed by atoms with Gasteiger partial charge >= 0.3 is 0 Å². The highest BCUT2D eigenvalue weighted by Gasteiger charge is 1.59. The van der Waals surface area contributed by atoms with Crippen LogP contribution in [0.1, 0.15) is 0 Å². The van der Waals surface area contributed by atoms with Crippen LogP contribution in [-0.2, 0) is 0 Å². The SMILES string of the molecule is NCN=NCN. The Kier molecular flexibility index (Phi) is 4.16. The Morgan fingerprint density at radius 2 is 1.33 bits per heavy atom. The maximum Gasteiger partial charge on any atom is 0.107 e. The normalized spacial score (nSPS) is 10.3. The lowest BCUT2D eigenvalue weighted by atomic mass is 11.2. The van der Waals surface area contributed by atoms with Gasteiger partial charge in [0.05, 0.1) is 0 Å². The summed E-state index contributed by atoms with van der Waals surface area (Å²) in [7, 11) is 0. The van der Waals surface area contributed by atoms with Crippen LogP contribution in [0.2, 0.25) is 0 Å². The van der Waals surface area contributed by atoms with Gasteiger partial charge in [0, 0.05) is 0 Å². The van der Waals surface area contributed by atoms with Crippen LogP contribution in [0.25, 0.3) is 0 Å². The van der Waals surface area contributed by atoms with Gasteiger partial charge in [-0.05, 0) is 0 Å². The number of nitrogens with two attached hydrogens (primary N) is 2. The van der Waals surface area contributed by atoms with E-state index in [1.165, 1.54) is 0 Å². The summed E-state index contributed by atoms with van der Waals surface area (Å²) in [6.07, 6.45) is 0. The molecule has 4 heteroatoms. The molecule has 6 heavy (non-hydrogen) atoms. The van der Waals surface area contributed by atoms with Crippen molar-refractivity contribution in [3.8, 4) is 0 Å². The summed E-state index contributed by atoms with van der Waals surface area (Å²) in [6, 6.07) is 0. The third kappa shape index (κ3) is 3.52. The van der Waals surface area contributed by atoms with Crippen LogP contribution in [0.4, 0.5) is 0 Å². The molecule has 0 heterocycles. The Labute approximate surface area is 36.2 Å². The molecule has 0 saturated heterocycles. The van der Waals surface area contributed by atoms with E-state index in [2.05, 4.69) is 10.2 Å². The minimum atomic E-state index is 0.233. The van der Waals surface area contributed by atoms with E-state index in [0.717, 1.165) is 0 Å². The Morgan fingerprint density at radius 1 is 1.00 bits per heavy atom. The van der Waals surface area contributed by atoms with Crippen molar-refractivity contribution in [3.63, 3.8) is 0 Å². The number of rotatable bonds is 2. The van der Waals surface area contributed by atoms with Crippen LogP contribution in [0.15, 0.2) is 10.2 Å². The Hall–Kier alpha value is -0.480. The summed E-state index contributed by atoms with van der Waals surface area (Å²) < 4.78 is 0. The van der Waals surface area contributed by atoms with Crippen LogP contribution in [0, 0.1) is 0 Å². The van der Waals surface area contributed by atoms with E-state index in [1.54, 1.807) is 0 Å². The van der Waals surface area contributed by atoms with Gasteiger partial charge in [0.1, 0.15) is 13.3 Å². The summed E-state index contributed by atoms with van der Waals surface area (Å²) in [5.74, 6) is 0. The molecule has 0 fully saturated rings. The fraction of sp³-hybridized carbons (Fsp3) is 1.00. The van der Waals surface area contributed by atoms with Crippen LogP contribution in [-0.4, -0.2) is 13.3 Å². The molecule has 0 aromatic heterocycles. The molecule has 0 aliphatic heterocycles. The van der Waals surface area contributed by atoms with Crippen molar-refractivity contribution in [1.82, 2.24) is 0 Å². The third-order valence-corrected chi connectivity index (χ3v) is 0.263. The fourth-order valence-corrected chi connectivity index (χ4v) is 0.115. The molecule has 0 amide bonds. The fourth-order valence-electron chi connectivity index (χ4n) is 0.115. The second kappa shape index (κ2) is 4.52. The molecule has 0 aliphatic carbocycles. The Balaban J connectivity index is 2.73. The summed E-state index contributed by atoms with van der Waals surface area (Å²) in [6.45, 7) is 0.467. The van der Waals surface area contributed by atoms with Crippen molar-refractivity contribution in [1.29, 1.82) is 0 Å². The van der Waals surface area contributed by atoms with E-state index in [9.17, 15) is 0 Å². The molecule has 0 aromatic rings. The highest BCUT2D eigenvalue weighted by Crippen LogP contribution is 1.60. The van der Waals surface area contributed by atoms with Crippen LogP contribution >= 0.6 is 0 Å². The maximum absolute atomic E-state index is 4.90. The van der Waals surface area contributed by atoms with Crippen LogP contribution in [0.3, 0.4) is 0 Å². The standard InChI is InChI=1S/C2H8N4/c3-1-5-6-2-4/h1-4H2. The summed E-state index contributed by atoms with van der Waals surface area (Å²) in [4.78, 5) is 0. The molecule has 0 saturated carbocycles. The van der Waals surface area contributed by atoms with E-state index in [0.29, 0.717) is 0 Å². The zero-order chi connectivity index (χ0) is 4.83. The van der Waals surface area contributed by atoms with Crippen molar-refractivity contribution in [2.75, 3.05) is 13.3 Å². The topological polar surface area (TPSA) is 76.8 Å². The van der Waals surface area contributed by atoms with Crippen molar-refractivity contribution in [3.05, 3.63) is 0 Å². The molecule has 0 atom stereocenters. The lowest BCUT2D eigenvalue weighted by Gasteiger charge is -1.75. The van der Waals surface area contributed by atoms with Gasteiger partial charge in [-0.25, -0.2) is 0 Å². The molecule has 0 aliphatic rings. The molecule has 0 spiro atoms. The van der Waals surface area contributed by atoms with Gasteiger partial charge in [-0.3, -0.25) is 0 Å². The van der Waals surface area contributed by atoms with Gasteiger partial charge < -0.3 is 11.5 Å². The number of azo groups is 1. The van der Waals surface area contributed by atoms with E-state index in [1.807, 2.05) is 0 Å². The van der Waals surface area contributed by atoms with Gasteiger partial charge in [-0.2, -0.15) is 10.2 Å². The van der Waals surface area contributed by atoms with Crippen LogP contribution < -0.4 is 11.5 Å².